The lowest BCUT2D eigenvalue weighted by molar-refractivity contribution is -0.138. The summed E-state index contributed by atoms with van der Waals surface area (Å²) in [6.07, 6.45) is 9.55. The van der Waals surface area contributed by atoms with Gasteiger partial charge in [-0.15, -0.1) is 0 Å². The second-order valence-electron chi connectivity index (χ2n) is 7.11. The lowest BCUT2D eigenvalue weighted by Gasteiger charge is -2.40. The van der Waals surface area contributed by atoms with E-state index in [1.807, 2.05) is 0 Å². The summed E-state index contributed by atoms with van der Waals surface area (Å²) in [7, 11) is 0. The normalized spacial score (nSPS) is 42.4. The maximum absolute atomic E-state index is 12.6. The van der Waals surface area contributed by atoms with E-state index in [1.54, 1.807) is 0 Å². The van der Waals surface area contributed by atoms with Gasteiger partial charge in [-0.25, -0.2) is 0 Å². The Hall–Kier alpha value is -0.570. The molecule has 0 spiro atoms. The van der Waals surface area contributed by atoms with E-state index in [1.165, 1.54) is 44.9 Å². The SMILES string of the molecule is C[C@@H]1CCC[C@H](C)N1C(=O)CC1CC2CCC(C1)N2. The molecule has 0 aromatic carbocycles. The first-order valence-corrected chi connectivity index (χ1v) is 8.20. The molecule has 3 heteroatoms. The predicted molar refractivity (Wildman–Crippen MR) is 76.9 cm³/mol. The molecule has 3 aliphatic rings. The molecule has 0 radical (unpaired) electrons. The van der Waals surface area contributed by atoms with Crippen molar-refractivity contribution in [1.29, 1.82) is 0 Å². The monoisotopic (exact) mass is 264 g/mol. The average molecular weight is 264 g/mol. The zero-order valence-electron chi connectivity index (χ0n) is 12.4. The number of piperidine rings is 2. The lowest BCUT2D eigenvalue weighted by atomic mass is 9.88. The highest BCUT2D eigenvalue weighted by Gasteiger charge is 2.36. The second-order valence-corrected chi connectivity index (χ2v) is 7.11. The summed E-state index contributed by atoms with van der Waals surface area (Å²) >= 11 is 0. The third-order valence-electron chi connectivity index (χ3n) is 5.52. The van der Waals surface area contributed by atoms with E-state index in [0.717, 1.165) is 6.42 Å². The van der Waals surface area contributed by atoms with Crippen molar-refractivity contribution < 1.29 is 4.79 Å². The Morgan fingerprint density at radius 2 is 1.63 bits per heavy atom. The number of carbonyl (C=O) groups excluding carboxylic acids is 1. The number of rotatable bonds is 2. The molecular weight excluding hydrogens is 236 g/mol. The first kappa shape index (κ1) is 13.4. The van der Waals surface area contributed by atoms with Crippen LogP contribution in [0.15, 0.2) is 0 Å². The standard InChI is InChI=1S/C16H28N2O/c1-11-4-3-5-12(2)18(11)16(19)10-13-8-14-6-7-15(9-13)17-14/h11-15,17H,3-10H2,1-2H3/t11-,12+,13?,14?,15?. The minimum atomic E-state index is 0.422. The smallest absolute Gasteiger partial charge is 0.223 e. The number of carbonyl (C=O) groups is 1. The van der Waals surface area contributed by atoms with Gasteiger partial charge in [0.25, 0.3) is 0 Å². The van der Waals surface area contributed by atoms with Crippen LogP contribution in [-0.2, 0) is 4.79 Å². The zero-order valence-corrected chi connectivity index (χ0v) is 12.4. The lowest BCUT2D eigenvalue weighted by Crippen LogP contribution is -2.48. The van der Waals surface area contributed by atoms with Gasteiger partial charge in [-0.1, -0.05) is 0 Å². The summed E-state index contributed by atoms with van der Waals surface area (Å²) in [5.74, 6) is 1.05. The number of fused-ring (bicyclic) bond motifs is 2. The van der Waals surface area contributed by atoms with E-state index < -0.39 is 0 Å². The van der Waals surface area contributed by atoms with E-state index in [9.17, 15) is 4.79 Å². The molecule has 3 rings (SSSR count). The number of nitrogens with one attached hydrogen (secondary N) is 1. The predicted octanol–water partition coefficient (Wildman–Crippen LogP) is 2.70. The van der Waals surface area contributed by atoms with Gasteiger partial charge in [0.2, 0.25) is 5.91 Å². The molecule has 4 atom stereocenters. The largest absolute Gasteiger partial charge is 0.337 e. The van der Waals surface area contributed by atoms with Crippen molar-refractivity contribution >= 4 is 5.91 Å². The van der Waals surface area contributed by atoms with Crippen molar-refractivity contribution in [2.45, 2.75) is 89.4 Å². The second kappa shape index (κ2) is 5.43. The van der Waals surface area contributed by atoms with Crippen molar-refractivity contribution in [2.24, 2.45) is 5.92 Å². The third kappa shape index (κ3) is 2.81. The average Bonchev–Trinajstić information content (AvgIpc) is 2.68. The van der Waals surface area contributed by atoms with Crippen molar-refractivity contribution in [3.63, 3.8) is 0 Å². The highest BCUT2D eigenvalue weighted by Crippen LogP contribution is 2.34. The topological polar surface area (TPSA) is 32.3 Å². The van der Waals surface area contributed by atoms with Crippen molar-refractivity contribution in [3.8, 4) is 0 Å². The van der Waals surface area contributed by atoms with Crippen molar-refractivity contribution in [3.05, 3.63) is 0 Å². The molecule has 3 aliphatic heterocycles. The fraction of sp³-hybridized carbons (Fsp3) is 0.938. The molecule has 3 nitrogen and oxygen atoms in total. The summed E-state index contributed by atoms with van der Waals surface area (Å²) in [6.45, 7) is 4.44. The molecule has 2 bridgehead atoms. The quantitative estimate of drug-likeness (QED) is 0.831. The number of amides is 1. The van der Waals surface area contributed by atoms with Crippen LogP contribution >= 0.6 is 0 Å². The van der Waals surface area contributed by atoms with Gasteiger partial charge in [0.1, 0.15) is 0 Å². The summed E-state index contributed by atoms with van der Waals surface area (Å²) in [6, 6.07) is 2.31. The number of hydrogen-bond acceptors (Lipinski definition) is 2. The van der Waals surface area contributed by atoms with Gasteiger partial charge in [-0.3, -0.25) is 4.79 Å². The molecule has 1 amide bonds. The van der Waals surface area contributed by atoms with E-state index in [0.29, 0.717) is 36.0 Å². The van der Waals surface area contributed by atoms with Gasteiger partial charge in [0, 0.05) is 30.6 Å². The molecule has 2 unspecified atom stereocenters. The third-order valence-corrected chi connectivity index (χ3v) is 5.52. The first-order chi connectivity index (χ1) is 9.13. The van der Waals surface area contributed by atoms with Crippen molar-refractivity contribution in [1.82, 2.24) is 10.2 Å². The summed E-state index contributed by atoms with van der Waals surface area (Å²) in [4.78, 5) is 14.8. The Morgan fingerprint density at radius 1 is 1.05 bits per heavy atom. The van der Waals surface area contributed by atoms with Crippen LogP contribution in [-0.4, -0.2) is 35.0 Å². The van der Waals surface area contributed by atoms with Crippen LogP contribution < -0.4 is 5.32 Å². The number of nitrogens with zero attached hydrogens (tertiary/aromatic N) is 1. The van der Waals surface area contributed by atoms with Crippen LogP contribution in [0.1, 0.15) is 65.2 Å². The Morgan fingerprint density at radius 3 is 2.21 bits per heavy atom. The van der Waals surface area contributed by atoms with Crippen LogP contribution in [0.5, 0.6) is 0 Å². The van der Waals surface area contributed by atoms with E-state index in [4.69, 9.17) is 0 Å². The highest BCUT2D eigenvalue weighted by atomic mass is 16.2. The van der Waals surface area contributed by atoms with Gasteiger partial charge >= 0.3 is 0 Å². The summed E-state index contributed by atoms with van der Waals surface area (Å²) in [5, 5.41) is 3.67. The number of likely N-dealkylation sites (tertiary alicyclic amines) is 1. The number of hydrogen-bond donors (Lipinski definition) is 1. The molecule has 108 valence electrons. The van der Waals surface area contributed by atoms with Crippen LogP contribution in [0.2, 0.25) is 0 Å². The summed E-state index contributed by atoms with van der Waals surface area (Å²) in [5.41, 5.74) is 0. The van der Waals surface area contributed by atoms with Crippen LogP contribution in [0, 0.1) is 5.92 Å². The Balaban J connectivity index is 1.58. The maximum Gasteiger partial charge on any atom is 0.223 e. The molecule has 0 aliphatic carbocycles. The minimum absolute atomic E-state index is 0.422. The zero-order chi connectivity index (χ0) is 13.4. The molecule has 1 N–H and O–H groups in total. The van der Waals surface area contributed by atoms with Gasteiger partial charge < -0.3 is 10.2 Å². The minimum Gasteiger partial charge on any atom is -0.337 e. The molecule has 3 fully saturated rings. The highest BCUT2D eigenvalue weighted by molar-refractivity contribution is 5.77. The van der Waals surface area contributed by atoms with Gasteiger partial charge in [0.15, 0.2) is 0 Å². The molecular formula is C16H28N2O. The molecule has 0 saturated carbocycles. The molecule has 3 saturated heterocycles. The van der Waals surface area contributed by atoms with Crippen LogP contribution in [0.3, 0.4) is 0 Å². The fourth-order valence-corrected chi connectivity index (χ4v) is 4.61. The Kier molecular flexibility index (Phi) is 3.84. The van der Waals surface area contributed by atoms with Crippen LogP contribution in [0.25, 0.3) is 0 Å². The Bertz CT molecular complexity index is 322. The summed E-state index contributed by atoms with van der Waals surface area (Å²) < 4.78 is 0. The Labute approximate surface area is 117 Å². The fourth-order valence-electron chi connectivity index (χ4n) is 4.61. The van der Waals surface area contributed by atoms with E-state index >= 15 is 0 Å². The molecule has 3 heterocycles. The van der Waals surface area contributed by atoms with Gasteiger partial charge in [0.05, 0.1) is 0 Å². The van der Waals surface area contributed by atoms with E-state index in [2.05, 4.69) is 24.1 Å². The maximum atomic E-state index is 12.6. The molecule has 0 aromatic rings. The first-order valence-electron chi connectivity index (χ1n) is 8.20. The van der Waals surface area contributed by atoms with Gasteiger partial charge in [-0.2, -0.15) is 0 Å². The molecule has 0 aromatic heterocycles. The molecule has 19 heavy (non-hydrogen) atoms. The van der Waals surface area contributed by atoms with Crippen molar-refractivity contribution in [2.75, 3.05) is 0 Å². The van der Waals surface area contributed by atoms with Crippen LogP contribution in [0.4, 0.5) is 0 Å². The van der Waals surface area contributed by atoms with E-state index in [-0.39, 0.29) is 0 Å². The van der Waals surface area contributed by atoms with Gasteiger partial charge in [-0.05, 0) is 64.7 Å².